The number of rotatable bonds is 2. The van der Waals surface area contributed by atoms with Crippen LogP contribution in [0.1, 0.15) is 51.4 Å². The smallest absolute Gasteiger partial charge is 0.0203 e. The second kappa shape index (κ2) is 3.46. The fourth-order valence-corrected chi connectivity index (χ4v) is 7.81. The third-order valence-electron chi connectivity index (χ3n) is 5.90. The minimum absolute atomic E-state index is 1.17. The minimum Gasteiger partial charge on any atom is -0.115 e. The summed E-state index contributed by atoms with van der Waals surface area (Å²) in [5.41, 5.74) is 2.40. The molecule has 6 unspecified atom stereocenters. The fraction of sp³-hybridized carbons (Fsp3) is 1.00. The molecule has 4 aliphatic carbocycles. The molecule has 4 fully saturated rings. The van der Waals surface area contributed by atoms with Crippen molar-refractivity contribution in [3.8, 4) is 0 Å². The first-order valence-corrected chi connectivity index (χ1v) is 8.30. The Balaban J connectivity index is 1.40. The van der Waals surface area contributed by atoms with Crippen molar-refractivity contribution in [2.45, 2.75) is 62.7 Å². The van der Waals surface area contributed by atoms with Crippen LogP contribution in [0.15, 0.2) is 0 Å². The zero-order chi connectivity index (χ0) is 9.83. The van der Waals surface area contributed by atoms with Gasteiger partial charge in [0.2, 0.25) is 0 Å². The topological polar surface area (TPSA) is 0 Å². The van der Waals surface area contributed by atoms with Crippen LogP contribution < -0.4 is 0 Å². The minimum atomic E-state index is 1.17. The molecule has 4 aliphatic rings. The Kier molecular flexibility index (Phi) is 2.18. The van der Waals surface area contributed by atoms with E-state index in [2.05, 4.69) is 0 Å². The largest absolute Gasteiger partial charge is 0.115 e. The standard InChI is InChI=1S/C14H23P/c1-3-11-5-9(1)7-13(11)15-14-8-10-2-4-12(14)6-10/h9-15H,1-8H2/t9?,10?,11?,12?,13-,14?/m1/s1. The maximum absolute atomic E-state index is 1.64. The first-order valence-electron chi connectivity index (χ1n) is 7.14. The zero-order valence-corrected chi connectivity index (χ0v) is 10.6. The molecule has 84 valence electrons. The average Bonchev–Trinajstić information content (AvgIpc) is 2.96. The molecule has 0 N–H and O–H groups in total. The van der Waals surface area contributed by atoms with Crippen LogP contribution in [0, 0.1) is 23.7 Å². The van der Waals surface area contributed by atoms with Crippen LogP contribution in [-0.2, 0) is 0 Å². The molecule has 0 aromatic carbocycles. The molecular weight excluding hydrogens is 199 g/mol. The van der Waals surface area contributed by atoms with Crippen molar-refractivity contribution in [3.05, 3.63) is 0 Å². The van der Waals surface area contributed by atoms with Gasteiger partial charge in [-0.25, -0.2) is 0 Å². The van der Waals surface area contributed by atoms with E-state index in [1.54, 1.807) is 51.4 Å². The summed E-state index contributed by atoms with van der Waals surface area (Å²) in [6, 6.07) is 0. The predicted octanol–water partition coefficient (Wildman–Crippen LogP) is 4.04. The van der Waals surface area contributed by atoms with E-state index in [0.717, 1.165) is 0 Å². The predicted molar refractivity (Wildman–Crippen MR) is 66.8 cm³/mol. The quantitative estimate of drug-likeness (QED) is 0.618. The molecule has 0 radical (unpaired) electrons. The van der Waals surface area contributed by atoms with Crippen molar-refractivity contribution in [3.63, 3.8) is 0 Å². The Hall–Kier alpha value is 0.430. The summed E-state index contributed by atoms with van der Waals surface area (Å²) < 4.78 is 0. The second-order valence-corrected chi connectivity index (χ2v) is 8.55. The van der Waals surface area contributed by atoms with Gasteiger partial charge in [0.1, 0.15) is 0 Å². The van der Waals surface area contributed by atoms with Crippen molar-refractivity contribution in [2.24, 2.45) is 23.7 Å². The molecule has 4 saturated carbocycles. The van der Waals surface area contributed by atoms with Gasteiger partial charge in [-0.3, -0.25) is 0 Å². The lowest BCUT2D eigenvalue weighted by molar-refractivity contribution is 0.466. The lowest BCUT2D eigenvalue weighted by atomic mass is 10.00. The second-order valence-electron chi connectivity index (χ2n) is 6.73. The molecule has 0 nitrogen and oxygen atoms in total. The van der Waals surface area contributed by atoms with Crippen LogP contribution in [0.25, 0.3) is 0 Å². The van der Waals surface area contributed by atoms with Gasteiger partial charge in [-0.05, 0) is 73.5 Å². The molecule has 0 saturated heterocycles. The third kappa shape index (κ3) is 1.51. The van der Waals surface area contributed by atoms with Gasteiger partial charge in [-0.15, -0.1) is 8.58 Å². The summed E-state index contributed by atoms with van der Waals surface area (Å²) in [5.74, 6) is 4.72. The van der Waals surface area contributed by atoms with Crippen LogP contribution in [-0.4, -0.2) is 11.3 Å². The summed E-state index contributed by atoms with van der Waals surface area (Å²) in [6.45, 7) is 0. The van der Waals surface area contributed by atoms with Gasteiger partial charge in [0.15, 0.2) is 0 Å². The Labute approximate surface area is 95.4 Å². The number of hydrogen-bond acceptors (Lipinski definition) is 0. The molecule has 4 rings (SSSR count). The first kappa shape index (κ1) is 9.46. The summed E-state index contributed by atoms with van der Waals surface area (Å²) in [7, 11) is 1.37. The molecule has 15 heavy (non-hydrogen) atoms. The van der Waals surface area contributed by atoms with Crippen molar-refractivity contribution in [2.75, 3.05) is 0 Å². The molecule has 0 amide bonds. The van der Waals surface area contributed by atoms with E-state index < -0.39 is 0 Å². The van der Waals surface area contributed by atoms with Gasteiger partial charge in [0, 0.05) is 0 Å². The summed E-state index contributed by atoms with van der Waals surface area (Å²) in [5, 5.41) is 0. The van der Waals surface area contributed by atoms with Gasteiger partial charge in [0.25, 0.3) is 0 Å². The monoisotopic (exact) mass is 222 g/mol. The van der Waals surface area contributed by atoms with Gasteiger partial charge in [0.05, 0.1) is 0 Å². The summed E-state index contributed by atoms with van der Waals surface area (Å²) in [6.07, 6.45) is 12.9. The van der Waals surface area contributed by atoms with E-state index in [-0.39, 0.29) is 0 Å². The van der Waals surface area contributed by atoms with Crippen molar-refractivity contribution in [1.29, 1.82) is 0 Å². The lowest BCUT2D eigenvalue weighted by Crippen LogP contribution is -2.19. The molecule has 1 heteroatoms. The van der Waals surface area contributed by atoms with E-state index in [0.29, 0.717) is 0 Å². The van der Waals surface area contributed by atoms with E-state index in [1.165, 1.54) is 43.6 Å². The van der Waals surface area contributed by atoms with E-state index in [4.69, 9.17) is 0 Å². The van der Waals surface area contributed by atoms with Gasteiger partial charge in [-0.1, -0.05) is 12.8 Å². The molecule has 7 atom stereocenters. The Morgan fingerprint density at radius 3 is 1.47 bits per heavy atom. The molecular formula is C14H23P. The van der Waals surface area contributed by atoms with Crippen LogP contribution in [0.5, 0.6) is 0 Å². The highest BCUT2D eigenvalue weighted by Crippen LogP contribution is 2.58. The third-order valence-corrected chi connectivity index (χ3v) is 8.17. The van der Waals surface area contributed by atoms with E-state index >= 15 is 0 Å². The van der Waals surface area contributed by atoms with Crippen LogP contribution >= 0.6 is 8.58 Å². The maximum Gasteiger partial charge on any atom is -0.0203 e. The van der Waals surface area contributed by atoms with E-state index in [1.807, 2.05) is 0 Å². The molecule has 0 spiro atoms. The van der Waals surface area contributed by atoms with Crippen molar-refractivity contribution < 1.29 is 0 Å². The molecule has 4 bridgehead atoms. The fourth-order valence-electron chi connectivity index (χ4n) is 5.17. The Bertz CT molecular complexity index is 236. The molecule has 0 aromatic heterocycles. The Morgan fingerprint density at radius 2 is 1.13 bits per heavy atom. The highest BCUT2D eigenvalue weighted by Gasteiger charge is 2.44. The van der Waals surface area contributed by atoms with Gasteiger partial charge < -0.3 is 0 Å². The first-order chi connectivity index (χ1) is 7.38. The summed E-state index contributed by atoms with van der Waals surface area (Å²) in [4.78, 5) is 0. The highest BCUT2D eigenvalue weighted by molar-refractivity contribution is 7.39. The highest BCUT2D eigenvalue weighted by atomic mass is 31.1. The van der Waals surface area contributed by atoms with Crippen molar-refractivity contribution in [1.82, 2.24) is 0 Å². The molecule has 0 aromatic rings. The molecule has 0 aliphatic heterocycles. The maximum atomic E-state index is 1.64. The Morgan fingerprint density at radius 1 is 0.600 bits per heavy atom. The van der Waals surface area contributed by atoms with Crippen LogP contribution in [0.3, 0.4) is 0 Å². The van der Waals surface area contributed by atoms with Crippen molar-refractivity contribution >= 4 is 8.58 Å². The summed E-state index contributed by atoms with van der Waals surface area (Å²) >= 11 is 0. The SMILES string of the molecule is C1CC2CC1CC2P[C@@H]1CC2CCC1C2. The zero-order valence-electron chi connectivity index (χ0n) is 9.62. The normalized spacial score (nSPS) is 57.6. The average molecular weight is 222 g/mol. The van der Waals surface area contributed by atoms with Gasteiger partial charge >= 0.3 is 0 Å². The van der Waals surface area contributed by atoms with Crippen LogP contribution in [0.2, 0.25) is 0 Å². The van der Waals surface area contributed by atoms with Crippen LogP contribution in [0.4, 0.5) is 0 Å². The molecule has 0 heterocycles. The van der Waals surface area contributed by atoms with Gasteiger partial charge in [-0.2, -0.15) is 0 Å². The lowest BCUT2D eigenvalue weighted by Gasteiger charge is -2.29. The number of hydrogen-bond donors (Lipinski definition) is 0. The number of fused-ring (bicyclic) bond motifs is 4. The van der Waals surface area contributed by atoms with E-state index in [9.17, 15) is 0 Å².